The largest absolute Gasteiger partial charge is 0.327 e. The topological polar surface area (TPSA) is 43.8 Å². The van der Waals surface area contributed by atoms with Gasteiger partial charge in [-0.15, -0.1) is 0 Å². The van der Waals surface area contributed by atoms with E-state index in [1.54, 1.807) is 0 Å². The molecule has 0 aliphatic carbocycles. The Hall–Kier alpha value is -1.61. The Balaban J connectivity index is 2.19. The van der Waals surface area contributed by atoms with Crippen LogP contribution in [0.25, 0.3) is 0 Å². The summed E-state index contributed by atoms with van der Waals surface area (Å²) in [4.78, 5) is 0. The van der Waals surface area contributed by atoms with Crippen molar-refractivity contribution in [3.8, 4) is 0 Å². The lowest BCUT2D eigenvalue weighted by Crippen LogP contribution is -2.42. The van der Waals surface area contributed by atoms with E-state index in [4.69, 9.17) is 5.73 Å². The van der Waals surface area contributed by atoms with Gasteiger partial charge < -0.3 is 5.73 Å². The number of benzene rings is 1. The second-order valence-corrected chi connectivity index (χ2v) is 5.80. The van der Waals surface area contributed by atoms with Crippen LogP contribution >= 0.6 is 0 Å². The fraction of sp³-hybridized carbons (Fsp3) is 0.438. The fourth-order valence-corrected chi connectivity index (χ4v) is 2.42. The second-order valence-electron chi connectivity index (χ2n) is 5.80. The van der Waals surface area contributed by atoms with E-state index in [2.05, 4.69) is 49.3 Å². The molecule has 2 aromatic rings. The predicted octanol–water partition coefficient (Wildman–Crippen LogP) is 2.58. The van der Waals surface area contributed by atoms with E-state index in [9.17, 15) is 0 Å². The number of hydrogen-bond acceptors (Lipinski definition) is 2. The highest BCUT2D eigenvalue weighted by Crippen LogP contribution is 2.27. The third-order valence-electron chi connectivity index (χ3n) is 3.97. The standard InChI is InChI=1S/C16H23N3/c1-12-10-14(19(4)18-12)11-15(17)16(2,3)13-8-6-5-7-9-13/h5-10,15H,11,17H2,1-4H3. The number of nitrogens with zero attached hydrogens (tertiary/aromatic N) is 2. The highest BCUT2D eigenvalue weighted by molar-refractivity contribution is 5.26. The first-order valence-electron chi connectivity index (χ1n) is 6.72. The Kier molecular flexibility index (Phi) is 3.76. The quantitative estimate of drug-likeness (QED) is 0.915. The number of aromatic nitrogens is 2. The van der Waals surface area contributed by atoms with Crippen molar-refractivity contribution < 1.29 is 0 Å². The average Bonchev–Trinajstić information content (AvgIpc) is 2.69. The van der Waals surface area contributed by atoms with E-state index in [1.165, 1.54) is 11.3 Å². The average molecular weight is 257 g/mol. The number of aryl methyl sites for hydroxylation is 2. The molecule has 1 unspecified atom stereocenters. The third-order valence-corrected chi connectivity index (χ3v) is 3.97. The maximum Gasteiger partial charge on any atom is 0.0596 e. The molecule has 0 saturated heterocycles. The minimum atomic E-state index is -0.0561. The molecule has 0 bridgehead atoms. The molecule has 19 heavy (non-hydrogen) atoms. The van der Waals surface area contributed by atoms with Gasteiger partial charge in [0.2, 0.25) is 0 Å². The zero-order valence-corrected chi connectivity index (χ0v) is 12.2. The van der Waals surface area contributed by atoms with Crippen LogP contribution in [-0.4, -0.2) is 15.8 Å². The summed E-state index contributed by atoms with van der Waals surface area (Å²) in [5, 5.41) is 4.38. The molecule has 3 heteroatoms. The number of rotatable bonds is 4. The van der Waals surface area contributed by atoms with Crippen LogP contribution in [0.1, 0.15) is 30.8 Å². The van der Waals surface area contributed by atoms with Crippen LogP contribution in [0.15, 0.2) is 36.4 Å². The molecular formula is C16H23N3. The molecule has 0 spiro atoms. The van der Waals surface area contributed by atoms with Crippen molar-refractivity contribution >= 4 is 0 Å². The summed E-state index contributed by atoms with van der Waals surface area (Å²) in [6.07, 6.45) is 0.833. The Bertz CT molecular complexity index is 540. The first-order chi connectivity index (χ1) is 8.91. The van der Waals surface area contributed by atoms with Crippen LogP contribution in [0.4, 0.5) is 0 Å². The van der Waals surface area contributed by atoms with Crippen molar-refractivity contribution in [2.45, 2.75) is 38.6 Å². The molecule has 0 aliphatic rings. The van der Waals surface area contributed by atoms with Gasteiger partial charge in [-0.05, 0) is 18.6 Å². The monoisotopic (exact) mass is 257 g/mol. The first kappa shape index (κ1) is 13.8. The minimum absolute atomic E-state index is 0.0561. The number of hydrogen-bond donors (Lipinski definition) is 1. The Morgan fingerprint density at radius 3 is 2.42 bits per heavy atom. The van der Waals surface area contributed by atoms with Gasteiger partial charge in [0.05, 0.1) is 5.69 Å². The number of nitrogens with two attached hydrogens (primary N) is 1. The highest BCUT2D eigenvalue weighted by Gasteiger charge is 2.29. The van der Waals surface area contributed by atoms with Crippen molar-refractivity contribution in [2.75, 3.05) is 0 Å². The van der Waals surface area contributed by atoms with Gasteiger partial charge in [0.15, 0.2) is 0 Å². The molecular weight excluding hydrogens is 234 g/mol. The van der Waals surface area contributed by atoms with E-state index < -0.39 is 0 Å². The van der Waals surface area contributed by atoms with Gasteiger partial charge in [-0.2, -0.15) is 5.10 Å². The predicted molar refractivity (Wildman–Crippen MR) is 79.1 cm³/mol. The summed E-state index contributed by atoms with van der Waals surface area (Å²) in [6.45, 7) is 6.42. The second kappa shape index (κ2) is 5.17. The molecule has 1 atom stereocenters. The van der Waals surface area contributed by atoms with Gasteiger partial charge in [-0.1, -0.05) is 44.2 Å². The molecule has 0 fully saturated rings. The smallest absolute Gasteiger partial charge is 0.0596 e. The van der Waals surface area contributed by atoms with Crippen molar-refractivity contribution in [2.24, 2.45) is 12.8 Å². The summed E-state index contributed by atoms with van der Waals surface area (Å²) < 4.78 is 1.93. The molecule has 0 saturated carbocycles. The van der Waals surface area contributed by atoms with Crippen molar-refractivity contribution in [1.82, 2.24) is 9.78 Å². The summed E-state index contributed by atoms with van der Waals surface area (Å²) in [6, 6.07) is 12.6. The van der Waals surface area contributed by atoms with Gasteiger partial charge in [0.25, 0.3) is 0 Å². The molecule has 0 aliphatic heterocycles. The molecule has 2 rings (SSSR count). The maximum atomic E-state index is 6.45. The van der Waals surface area contributed by atoms with Gasteiger partial charge in [-0.25, -0.2) is 0 Å². The summed E-state index contributed by atoms with van der Waals surface area (Å²) in [5.74, 6) is 0. The lowest BCUT2D eigenvalue weighted by atomic mass is 9.76. The van der Waals surface area contributed by atoms with Crippen LogP contribution in [0, 0.1) is 6.92 Å². The molecule has 1 aromatic carbocycles. The zero-order valence-electron chi connectivity index (χ0n) is 12.2. The molecule has 2 N–H and O–H groups in total. The van der Waals surface area contributed by atoms with Gasteiger partial charge in [-0.3, -0.25) is 4.68 Å². The SMILES string of the molecule is Cc1cc(CC(N)C(C)(C)c2ccccc2)n(C)n1. The van der Waals surface area contributed by atoms with Crippen LogP contribution in [-0.2, 0) is 18.9 Å². The molecule has 0 amide bonds. The van der Waals surface area contributed by atoms with Gasteiger partial charge in [0, 0.05) is 30.6 Å². The van der Waals surface area contributed by atoms with E-state index in [0.717, 1.165) is 12.1 Å². The van der Waals surface area contributed by atoms with Crippen molar-refractivity contribution in [3.05, 3.63) is 53.3 Å². The Morgan fingerprint density at radius 2 is 1.89 bits per heavy atom. The van der Waals surface area contributed by atoms with Crippen LogP contribution < -0.4 is 5.73 Å². The molecule has 0 radical (unpaired) electrons. The molecule has 1 aromatic heterocycles. The van der Waals surface area contributed by atoms with E-state index in [0.29, 0.717) is 0 Å². The minimum Gasteiger partial charge on any atom is -0.327 e. The maximum absolute atomic E-state index is 6.45. The highest BCUT2D eigenvalue weighted by atomic mass is 15.3. The fourth-order valence-electron chi connectivity index (χ4n) is 2.42. The lowest BCUT2D eigenvalue weighted by molar-refractivity contribution is 0.399. The molecule has 3 nitrogen and oxygen atoms in total. The zero-order chi connectivity index (χ0) is 14.0. The van der Waals surface area contributed by atoms with Crippen molar-refractivity contribution in [3.63, 3.8) is 0 Å². The first-order valence-corrected chi connectivity index (χ1v) is 6.72. The Morgan fingerprint density at radius 1 is 1.26 bits per heavy atom. The summed E-state index contributed by atoms with van der Waals surface area (Å²) >= 11 is 0. The summed E-state index contributed by atoms with van der Waals surface area (Å²) in [7, 11) is 1.98. The Labute approximate surface area is 115 Å². The van der Waals surface area contributed by atoms with Gasteiger partial charge in [0.1, 0.15) is 0 Å². The molecule has 102 valence electrons. The molecule has 1 heterocycles. The van der Waals surface area contributed by atoms with E-state index in [-0.39, 0.29) is 11.5 Å². The third kappa shape index (κ3) is 2.87. The van der Waals surface area contributed by atoms with Gasteiger partial charge >= 0.3 is 0 Å². The normalized spacial score (nSPS) is 13.5. The van der Waals surface area contributed by atoms with E-state index in [1.807, 2.05) is 24.7 Å². The summed E-state index contributed by atoms with van der Waals surface area (Å²) in [5.41, 5.74) is 9.91. The lowest BCUT2D eigenvalue weighted by Gasteiger charge is -2.32. The van der Waals surface area contributed by atoms with Crippen LogP contribution in [0.3, 0.4) is 0 Å². The van der Waals surface area contributed by atoms with Crippen LogP contribution in [0.2, 0.25) is 0 Å². The van der Waals surface area contributed by atoms with Crippen molar-refractivity contribution in [1.29, 1.82) is 0 Å². The van der Waals surface area contributed by atoms with E-state index >= 15 is 0 Å². The van der Waals surface area contributed by atoms with Crippen LogP contribution in [0.5, 0.6) is 0 Å².